The lowest BCUT2D eigenvalue weighted by atomic mass is 9.95. The second-order valence-electron chi connectivity index (χ2n) is 7.46. The Kier molecular flexibility index (Phi) is 6.66. The number of carbonyl (C=O) groups excluding carboxylic acids is 1. The number of rotatable bonds is 8. The van der Waals surface area contributed by atoms with Crippen molar-refractivity contribution in [3.8, 4) is 0 Å². The Hall–Kier alpha value is -2.42. The number of carboxylic acid groups (broad SMARTS) is 1. The van der Waals surface area contributed by atoms with E-state index in [1.807, 2.05) is 19.9 Å². The van der Waals surface area contributed by atoms with Crippen molar-refractivity contribution in [2.24, 2.45) is 5.92 Å². The summed E-state index contributed by atoms with van der Waals surface area (Å²) in [6.07, 6.45) is 4.14. The van der Waals surface area contributed by atoms with Crippen LogP contribution in [0.15, 0.2) is 11.6 Å². The normalized spacial score (nSPS) is 20.1. The van der Waals surface area contributed by atoms with E-state index >= 15 is 0 Å². The van der Waals surface area contributed by atoms with E-state index in [9.17, 15) is 9.59 Å². The predicted molar refractivity (Wildman–Crippen MR) is 108 cm³/mol. The number of hydrogen-bond donors (Lipinski definition) is 4. The van der Waals surface area contributed by atoms with E-state index in [4.69, 9.17) is 5.11 Å². The standard InChI is InChI=1S/C19H27N5O3S/c1-3-14(21-19(26)27)7-12-4-5-13(6-12)15-8-17(24-23-15)22-18(25)9-16-11(2)20-10-28-16/h8,10,12-14,21H,3-7,9H2,1-2H3,(H,26,27)(H2,22,23,24,25). The maximum atomic E-state index is 12.2. The minimum atomic E-state index is -0.955. The SMILES string of the molecule is CCC(CC1CCC(c2cc(NC(=O)Cc3scnc3C)n[nH]2)C1)NC(=O)O. The van der Waals surface area contributed by atoms with Crippen molar-refractivity contribution in [2.45, 2.75) is 64.3 Å². The summed E-state index contributed by atoms with van der Waals surface area (Å²) >= 11 is 1.48. The molecule has 3 unspecified atom stereocenters. The topological polar surface area (TPSA) is 120 Å². The van der Waals surface area contributed by atoms with Crippen LogP contribution in [0.1, 0.15) is 61.2 Å². The molecular formula is C19H27N5O3S. The number of H-pyrrole nitrogens is 1. The number of carbonyl (C=O) groups is 2. The molecule has 0 aliphatic heterocycles. The van der Waals surface area contributed by atoms with Gasteiger partial charge >= 0.3 is 6.09 Å². The maximum Gasteiger partial charge on any atom is 0.404 e. The fourth-order valence-corrected chi connectivity index (χ4v) is 4.69. The van der Waals surface area contributed by atoms with Gasteiger partial charge in [-0.1, -0.05) is 6.92 Å². The molecule has 1 aliphatic carbocycles. The third kappa shape index (κ3) is 5.31. The smallest absolute Gasteiger partial charge is 0.404 e. The summed E-state index contributed by atoms with van der Waals surface area (Å²) < 4.78 is 0. The van der Waals surface area contributed by atoms with Gasteiger partial charge in [0, 0.05) is 28.6 Å². The van der Waals surface area contributed by atoms with Crippen LogP contribution in [0.4, 0.5) is 10.6 Å². The van der Waals surface area contributed by atoms with Gasteiger partial charge in [-0.15, -0.1) is 11.3 Å². The maximum absolute atomic E-state index is 12.2. The molecule has 0 radical (unpaired) electrons. The van der Waals surface area contributed by atoms with Gasteiger partial charge in [0.15, 0.2) is 5.82 Å². The summed E-state index contributed by atoms with van der Waals surface area (Å²) in [7, 11) is 0. The summed E-state index contributed by atoms with van der Waals surface area (Å²) in [4.78, 5) is 28.2. The lowest BCUT2D eigenvalue weighted by Crippen LogP contribution is -2.34. The zero-order valence-electron chi connectivity index (χ0n) is 16.2. The number of hydrogen-bond acceptors (Lipinski definition) is 5. The first kappa shape index (κ1) is 20.3. The van der Waals surface area contributed by atoms with E-state index in [0.29, 0.717) is 24.1 Å². The van der Waals surface area contributed by atoms with Gasteiger partial charge in [-0.05, 0) is 44.9 Å². The number of thiazole rings is 1. The molecule has 4 N–H and O–H groups in total. The van der Waals surface area contributed by atoms with Crippen LogP contribution < -0.4 is 10.6 Å². The highest BCUT2D eigenvalue weighted by Gasteiger charge is 2.29. The van der Waals surface area contributed by atoms with Crippen LogP contribution in [0, 0.1) is 12.8 Å². The summed E-state index contributed by atoms with van der Waals surface area (Å²) in [6, 6.07) is 1.92. The Labute approximate surface area is 168 Å². The molecule has 152 valence electrons. The first-order valence-corrected chi connectivity index (χ1v) is 10.6. The fraction of sp³-hybridized carbons (Fsp3) is 0.579. The summed E-state index contributed by atoms with van der Waals surface area (Å²) in [5, 5.41) is 21.7. The van der Waals surface area contributed by atoms with Crippen LogP contribution in [0.2, 0.25) is 0 Å². The molecule has 0 bridgehead atoms. The van der Waals surface area contributed by atoms with Crippen LogP contribution in [-0.4, -0.2) is 38.3 Å². The number of aromatic amines is 1. The van der Waals surface area contributed by atoms with Gasteiger partial charge in [0.05, 0.1) is 17.6 Å². The third-order valence-corrected chi connectivity index (χ3v) is 6.39. The number of nitrogens with one attached hydrogen (secondary N) is 3. The molecule has 1 saturated carbocycles. The number of aryl methyl sites for hydroxylation is 1. The second-order valence-corrected chi connectivity index (χ2v) is 8.40. The average molecular weight is 406 g/mol. The summed E-state index contributed by atoms with van der Waals surface area (Å²) in [6.45, 7) is 3.90. The van der Waals surface area contributed by atoms with Crippen LogP contribution >= 0.6 is 11.3 Å². The molecule has 2 aromatic heterocycles. The van der Waals surface area contributed by atoms with E-state index < -0.39 is 6.09 Å². The molecule has 0 spiro atoms. The Bertz CT molecular complexity index is 818. The van der Waals surface area contributed by atoms with Crippen molar-refractivity contribution in [3.05, 3.63) is 27.8 Å². The summed E-state index contributed by atoms with van der Waals surface area (Å²) in [5.41, 5.74) is 3.67. The van der Waals surface area contributed by atoms with Gasteiger partial charge in [-0.3, -0.25) is 9.89 Å². The van der Waals surface area contributed by atoms with Crippen molar-refractivity contribution < 1.29 is 14.7 Å². The molecule has 2 aromatic rings. The zero-order valence-corrected chi connectivity index (χ0v) is 17.0. The van der Waals surface area contributed by atoms with Crippen molar-refractivity contribution >= 4 is 29.2 Å². The van der Waals surface area contributed by atoms with E-state index in [1.165, 1.54) is 11.3 Å². The summed E-state index contributed by atoms with van der Waals surface area (Å²) in [5.74, 6) is 1.32. The van der Waals surface area contributed by atoms with Crippen LogP contribution in [-0.2, 0) is 11.2 Å². The van der Waals surface area contributed by atoms with E-state index in [1.54, 1.807) is 5.51 Å². The quantitative estimate of drug-likeness (QED) is 0.534. The van der Waals surface area contributed by atoms with E-state index in [-0.39, 0.29) is 11.9 Å². The average Bonchev–Trinajstić information content (AvgIpc) is 3.36. The first-order valence-electron chi connectivity index (χ1n) is 9.68. The minimum Gasteiger partial charge on any atom is -0.465 e. The van der Waals surface area contributed by atoms with Crippen molar-refractivity contribution in [2.75, 3.05) is 5.32 Å². The van der Waals surface area contributed by atoms with Gasteiger partial charge < -0.3 is 15.7 Å². The first-order chi connectivity index (χ1) is 13.4. The molecule has 2 amide bonds. The van der Waals surface area contributed by atoms with Crippen molar-refractivity contribution in [1.82, 2.24) is 20.5 Å². The molecular weight excluding hydrogens is 378 g/mol. The molecule has 28 heavy (non-hydrogen) atoms. The molecule has 3 rings (SSSR count). The van der Waals surface area contributed by atoms with Gasteiger partial charge in [0.1, 0.15) is 0 Å². The number of nitrogens with zero attached hydrogens (tertiary/aromatic N) is 2. The monoisotopic (exact) mass is 405 g/mol. The Balaban J connectivity index is 1.51. The largest absolute Gasteiger partial charge is 0.465 e. The lowest BCUT2D eigenvalue weighted by Gasteiger charge is -2.19. The predicted octanol–water partition coefficient (Wildman–Crippen LogP) is 3.68. The molecule has 1 aliphatic rings. The highest BCUT2D eigenvalue weighted by molar-refractivity contribution is 7.09. The highest BCUT2D eigenvalue weighted by Crippen LogP contribution is 2.40. The van der Waals surface area contributed by atoms with Gasteiger partial charge in [-0.25, -0.2) is 9.78 Å². The molecule has 1 fully saturated rings. The zero-order chi connectivity index (χ0) is 20.1. The Morgan fingerprint density at radius 2 is 2.25 bits per heavy atom. The molecule has 8 nitrogen and oxygen atoms in total. The molecule has 0 saturated heterocycles. The van der Waals surface area contributed by atoms with Gasteiger partial charge in [0.2, 0.25) is 5.91 Å². The number of aromatic nitrogens is 3. The Morgan fingerprint density at radius 3 is 2.93 bits per heavy atom. The van der Waals surface area contributed by atoms with Gasteiger partial charge in [0.25, 0.3) is 0 Å². The third-order valence-electron chi connectivity index (χ3n) is 5.45. The number of amides is 2. The van der Waals surface area contributed by atoms with Gasteiger partial charge in [-0.2, -0.15) is 5.10 Å². The second kappa shape index (κ2) is 9.18. The van der Waals surface area contributed by atoms with E-state index in [2.05, 4.69) is 25.8 Å². The molecule has 2 heterocycles. The van der Waals surface area contributed by atoms with Crippen LogP contribution in [0.25, 0.3) is 0 Å². The molecule has 9 heteroatoms. The molecule has 0 aromatic carbocycles. The van der Waals surface area contributed by atoms with E-state index in [0.717, 1.165) is 48.4 Å². The lowest BCUT2D eigenvalue weighted by molar-refractivity contribution is -0.115. The van der Waals surface area contributed by atoms with Crippen molar-refractivity contribution in [3.63, 3.8) is 0 Å². The van der Waals surface area contributed by atoms with Crippen LogP contribution in [0.5, 0.6) is 0 Å². The minimum absolute atomic E-state index is 0.00747. The van der Waals surface area contributed by atoms with Crippen molar-refractivity contribution in [1.29, 1.82) is 0 Å². The highest BCUT2D eigenvalue weighted by atomic mass is 32.1. The number of anilines is 1. The Morgan fingerprint density at radius 1 is 1.43 bits per heavy atom. The molecule has 3 atom stereocenters. The van der Waals surface area contributed by atoms with Crippen LogP contribution in [0.3, 0.4) is 0 Å². The fourth-order valence-electron chi connectivity index (χ4n) is 3.91.